The molecule has 0 aliphatic heterocycles. The minimum absolute atomic E-state index is 0.0784. The van der Waals surface area contributed by atoms with Crippen LogP contribution in [0, 0.1) is 0 Å². The molecule has 0 fully saturated rings. The van der Waals surface area contributed by atoms with Gasteiger partial charge in [-0.15, -0.1) is 11.6 Å². The number of hydrogen-bond donors (Lipinski definition) is 0. The Labute approximate surface area is 105 Å². The zero-order chi connectivity index (χ0) is 10.6. The molecule has 0 heterocycles. The number of ketones is 1. The summed E-state index contributed by atoms with van der Waals surface area (Å²) in [6.07, 6.45) is 0.381. The average Bonchev–Trinajstić information content (AvgIpc) is 2.19. The molecule has 0 aromatic heterocycles. The smallest absolute Gasteiger partial charge is 0.165 e. The van der Waals surface area contributed by atoms with E-state index in [-0.39, 0.29) is 5.78 Å². The Morgan fingerprint density at radius 2 is 2.14 bits per heavy atom. The molecule has 0 atom stereocenters. The van der Waals surface area contributed by atoms with Crippen LogP contribution < -0.4 is 0 Å². The molecule has 0 amide bonds. The third kappa shape index (κ3) is 3.07. The maximum Gasteiger partial charge on any atom is 0.165 e. The van der Waals surface area contributed by atoms with Gasteiger partial charge in [-0.25, -0.2) is 0 Å². The van der Waals surface area contributed by atoms with Gasteiger partial charge in [-0.3, -0.25) is 4.79 Å². The van der Waals surface area contributed by atoms with Gasteiger partial charge in [-0.05, 0) is 17.7 Å². The SMILES string of the molecule is O=C(CCCl)c1cc(CBr)ccc1Br. The number of halogens is 3. The highest BCUT2D eigenvalue weighted by Gasteiger charge is 2.09. The van der Waals surface area contributed by atoms with E-state index in [1.54, 1.807) is 0 Å². The Morgan fingerprint density at radius 3 is 2.71 bits per heavy atom. The zero-order valence-electron chi connectivity index (χ0n) is 7.40. The number of carbonyl (C=O) groups excluding carboxylic acids is 1. The van der Waals surface area contributed by atoms with Gasteiger partial charge in [0.1, 0.15) is 0 Å². The second-order valence-corrected chi connectivity index (χ2v) is 4.60. The first-order valence-corrected chi connectivity index (χ1v) is 6.57. The molecule has 14 heavy (non-hydrogen) atoms. The third-order valence-electron chi connectivity index (χ3n) is 1.81. The molecule has 0 bridgehead atoms. The predicted molar refractivity (Wildman–Crippen MR) is 66.4 cm³/mol. The molecule has 1 rings (SSSR count). The molecule has 0 aliphatic rings. The quantitative estimate of drug-likeness (QED) is 0.594. The maximum atomic E-state index is 11.6. The van der Waals surface area contributed by atoms with Crippen LogP contribution in [0.5, 0.6) is 0 Å². The molecule has 1 aromatic carbocycles. The zero-order valence-corrected chi connectivity index (χ0v) is 11.3. The lowest BCUT2D eigenvalue weighted by atomic mass is 10.1. The van der Waals surface area contributed by atoms with Crippen molar-refractivity contribution >= 4 is 49.2 Å². The lowest BCUT2D eigenvalue weighted by Crippen LogP contribution is -2.01. The van der Waals surface area contributed by atoms with Crippen LogP contribution in [-0.4, -0.2) is 11.7 Å². The van der Waals surface area contributed by atoms with E-state index >= 15 is 0 Å². The van der Waals surface area contributed by atoms with Gasteiger partial charge in [0, 0.05) is 27.7 Å². The van der Waals surface area contributed by atoms with Crippen molar-refractivity contribution in [1.82, 2.24) is 0 Å². The highest BCUT2D eigenvalue weighted by atomic mass is 79.9. The van der Waals surface area contributed by atoms with Crippen molar-refractivity contribution in [2.75, 3.05) is 5.88 Å². The standard InChI is InChI=1S/C10H9Br2ClO/c11-6-7-1-2-9(12)8(5-7)10(14)3-4-13/h1-2,5H,3-4,6H2. The summed E-state index contributed by atoms with van der Waals surface area (Å²) >= 11 is 12.2. The fraction of sp³-hybridized carbons (Fsp3) is 0.300. The molecule has 4 heteroatoms. The van der Waals surface area contributed by atoms with Crippen LogP contribution in [0.25, 0.3) is 0 Å². The number of benzene rings is 1. The van der Waals surface area contributed by atoms with E-state index in [9.17, 15) is 4.79 Å². The summed E-state index contributed by atoms with van der Waals surface area (Å²) in [5, 5.41) is 0.751. The molecule has 0 saturated carbocycles. The van der Waals surface area contributed by atoms with E-state index in [0.29, 0.717) is 17.9 Å². The number of Topliss-reactive ketones (excluding diaryl/α,β-unsaturated/α-hetero) is 1. The molecule has 0 saturated heterocycles. The van der Waals surface area contributed by atoms with Crippen LogP contribution in [-0.2, 0) is 5.33 Å². The molecular formula is C10H9Br2ClO. The first-order chi connectivity index (χ1) is 6.69. The van der Waals surface area contributed by atoms with Crippen LogP contribution in [0.4, 0.5) is 0 Å². The van der Waals surface area contributed by atoms with Gasteiger partial charge in [-0.1, -0.05) is 37.9 Å². The fourth-order valence-electron chi connectivity index (χ4n) is 1.09. The maximum absolute atomic E-state index is 11.6. The monoisotopic (exact) mass is 338 g/mol. The number of rotatable bonds is 4. The summed E-state index contributed by atoms with van der Waals surface area (Å²) in [5.41, 5.74) is 1.80. The molecule has 0 unspecified atom stereocenters. The molecule has 0 spiro atoms. The van der Waals surface area contributed by atoms with E-state index < -0.39 is 0 Å². The van der Waals surface area contributed by atoms with Crippen molar-refractivity contribution in [3.63, 3.8) is 0 Å². The van der Waals surface area contributed by atoms with Gasteiger partial charge in [0.15, 0.2) is 5.78 Å². The largest absolute Gasteiger partial charge is 0.294 e. The summed E-state index contributed by atoms with van der Waals surface area (Å²) in [7, 11) is 0. The van der Waals surface area contributed by atoms with Crippen molar-refractivity contribution in [2.24, 2.45) is 0 Å². The predicted octanol–water partition coefficient (Wildman–Crippen LogP) is 4.16. The first-order valence-electron chi connectivity index (χ1n) is 4.12. The topological polar surface area (TPSA) is 17.1 Å². The molecule has 0 radical (unpaired) electrons. The normalized spacial score (nSPS) is 10.2. The third-order valence-corrected chi connectivity index (χ3v) is 3.33. The van der Waals surface area contributed by atoms with Gasteiger partial charge >= 0.3 is 0 Å². The van der Waals surface area contributed by atoms with Crippen molar-refractivity contribution in [1.29, 1.82) is 0 Å². The molecule has 1 aromatic rings. The summed E-state index contributed by atoms with van der Waals surface area (Å²) in [5.74, 6) is 0.443. The molecule has 0 aliphatic carbocycles. The van der Waals surface area contributed by atoms with Crippen LogP contribution in [0.3, 0.4) is 0 Å². The van der Waals surface area contributed by atoms with Crippen molar-refractivity contribution in [3.8, 4) is 0 Å². The Kier molecular flexibility index (Phi) is 5.13. The number of alkyl halides is 2. The number of carbonyl (C=O) groups is 1. The second-order valence-electron chi connectivity index (χ2n) is 2.81. The van der Waals surface area contributed by atoms with Crippen LogP contribution in [0.1, 0.15) is 22.3 Å². The van der Waals surface area contributed by atoms with E-state index in [1.165, 1.54) is 0 Å². The number of hydrogen-bond acceptors (Lipinski definition) is 1. The first kappa shape index (κ1) is 12.2. The van der Waals surface area contributed by atoms with E-state index in [2.05, 4.69) is 31.9 Å². The van der Waals surface area contributed by atoms with Gasteiger partial charge in [0.2, 0.25) is 0 Å². The van der Waals surface area contributed by atoms with Crippen LogP contribution in [0.15, 0.2) is 22.7 Å². The molecular weight excluding hydrogens is 331 g/mol. The highest BCUT2D eigenvalue weighted by molar-refractivity contribution is 9.10. The highest BCUT2D eigenvalue weighted by Crippen LogP contribution is 2.21. The Hall–Kier alpha value is 0.140. The summed E-state index contributed by atoms with van der Waals surface area (Å²) in [6, 6.07) is 5.74. The lowest BCUT2D eigenvalue weighted by Gasteiger charge is -2.04. The van der Waals surface area contributed by atoms with Gasteiger partial charge < -0.3 is 0 Å². The van der Waals surface area contributed by atoms with Crippen LogP contribution in [0.2, 0.25) is 0 Å². The van der Waals surface area contributed by atoms with E-state index in [4.69, 9.17) is 11.6 Å². The van der Waals surface area contributed by atoms with Gasteiger partial charge in [0.25, 0.3) is 0 Å². The Bertz CT molecular complexity index is 339. The van der Waals surface area contributed by atoms with E-state index in [1.807, 2.05) is 18.2 Å². The van der Waals surface area contributed by atoms with Crippen molar-refractivity contribution in [3.05, 3.63) is 33.8 Å². The molecule has 0 N–H and O–H groups in total. The average molecular weight is 340 g/mol. The summed E-state index contributed by atoms with van der Waals surface area (Å²) in [6.45, 7) is 0. The summed E-state index contributed by atoms with van der Waals surface area (Å²) in [4.78, 5) is 11.6. The van der Waals surface area contributed by atoms with Crippen molar-refractivity contribution in [2.45, 2.75) is 11.8 Å². The van der Waals surface area contributed by atoms with E-state index in [0.717, 1.165) is 15.4 Å². The Morgan fingerprint density at radius 1 is 1.43 bits per heavy atom. The molecule has 1 nitrogen and oxygen atoms in total. The molecule has 76 valence electrons. The van der Waals surface area contributed by atoms with Crippen molar-refractivity contribution < 1.29 is 4.79 Å². The Balaban J connectivity index is 2.99. The second kappa shape index (κ2) is 5.89. The fourth-order valence-corrected chi connectivity index (χ4v) is 2.08. The van der Waals surface area contributed by atoms with Gasteiger partial charge in [-0.2, -0.15) is 0 Å². The van der Waals surface area contributed by atoms with Gasteiger partial charge in [0.05, 0.1) is 0 Å². The summed E-state index contributed by atoms with van der Waals surface area (Å²) < 4.78 is 0.831. The lowest BCUT2D eigenvalue weighted by molar-refractivity contribution is 0.0988. The minimum Gasteiger partial charge on any atom is -0.294 e. The minimum atomic E-state index is 0.0784. The van der Waals surface area contributed by atoms with Crippen LogP contribution >= 0.6 is 43.5 Å².